The molecule has 0 bridgehead atoms. The molecule has 0 unspecified atom stereocenters. The van der Waals surface area contributed by atoms with Crippen LogP contribution in [0.5, 0.6) is 0 Å². The first-order chi connectivity index (χ1) is 11.3. The smallest absolute Gasteiger partial charge is 0.245 e. The van der Waals surface area contributed by atoms with Gasteiger partial charge >= 0.3 is 0 Å². The van der Waals surface area contributed by atoms with Crippen molar-refractivity contribution < 1.29 is 10.0 Å². The first-order valence-corrected chi connectivity index (χ1v) is 7.26. The third kappa shape index (κ3) is 3.27. The molecule has 1 amide bonds. The number of amides is 1. The molecule has 0 saturated heterocycles. The number of aromatic nitrogens is 3. The first-order valence-electron chi connectivity index (χ1n) is 7.26. The van der Waals surface area contributed by atoms with Gasteiger partial charge in [-0.25, -0.2) is 5.48 Å². The summed E-state index contributed by atoms with van der Waals surface area (Å²) in [6.45, 7) is 0.369. The number of benzene rings is 2. The molecule has 1 aromatic heterocycles. The number of carbonyl (C=O) groups excluding carboxylic acids is 1. The van der Waals surface area contributed by atoms with E-state index >= 15 is 0 Å². The number of hydrogen-bond acceptors (Lipinski definition) is 4. The highest BCUT2D eigenvalue weighted by atomic mass is 16.5. The highest BCUT2D eigenvalue weighted by molar-refractivity contribution is 5.74. The lowest BCUT2D eigenvalue weighted by Gasteiger charge is -2.10. The van der Waals surface area contributed by atoms with E-state index in [0.29, 0.717) is 18.2 Å². The Morgan fingerprint density at radius 1 is 0.913 bits per heavy atom. The first kappa shape index (κ1) is 14.9. The molecule has 0 radical (unpaired) electrons. The fraction of sp³-hybridized carbons (Fsp3) is 0.118. The van der Waals surface area contributed by atoms with Crippen molar-refractivity contribution >= 4 is 5.91 Å². The number of nitrogens with one attached hydrogen (secondary N) is 1. The molecule has 0 saturated carbocycles. The number of hydrogen-bond donors (Lipinski definition) is 2. The summed E-state index contributed by atoms with van der Waals surface area (Å²) in [4.78, 5) is 11.4. The predicted octanol–water partition coefficient (Wildman–Crippen LogP) is 2.51. The van der Waals surface area contributed by atoms with E-state index in [1.807, 2.05) is 65.2 Å². The van der Waals surface area contributed by atoms with Crippen LogP contribution in [0, 0.1) is 0 Å². The molecular formula is C17H16N4O2. The molecule has 0 atom stereocenters. The van der Waals surface area contributed by atoms with Crippen LogP contribution in [-0.4, -0.2) is 25.9 Å². The van der Waals surface area contributed by atoms with Crippen LogP contribution in [0.25, 0.3) is 22.8 Å². The largest absolute Gasteiger partial charge is 0.306 e. The topological polar surface area (TPSA) is 80.0 Å². The van der Waals surface area contributed by atoms with Gasteiger partial charge in [0.1, 0.15) is 0 Å². The summed E-state index contributed by atoms with van der Waals surface area (Å²) in [7, 11) is 0. The molecule has 6 nitrogen and oxygen atoms in total. The Morgan fingerprint density at radius 3 is 1.83 bits per heavy atom. The monoisotopic (exact) mass is 308 g/mol. The minimum Gasteiger partial charge on any atom is -0.306 e. The second-order valence-electron chi connectivity index (χ2n) is 5.02. The van der Waals surface area contributed by atoms with E-state index in [0.717, 1.165) is 11.1 Å². The van der Waals surface area contributed by atoms with Gasteiger partial charge in [-0.1, -0.05) is 60.7 Å². The molecule has 0 spiro atoms. The zero-order chi connectivity index (χ0) is 16.1. The maximum Gasteiger partial charge on any atom is 0.245 e. The molecule has 1 heterocycles. The van der Waals surface area contributed by atoms with Crippen molar-refractivity contribution in [3.8, 4) is 22.8 Å². The van der Waals surface area contributed by atoms with E-state index in [1.165, 1.54) is 0 Å². The van der Waals surface area contributed by atoms with Crippen LogP contribution < -0.4 is 5.48 Å². The lowest BCUT2D eigenvalue weighted by Crippen LogP contribution is -2.20. The van der Waals surface area contributed by atoms with E-state index in [9.17, 15) is 4.79 Å². The summed E-state index contributed by atoms with van der Waals surface area (Å²) in [5.41, 5.74) is 3.50. The minimum absolute atomic E-state index is 0.133. The molecule has 0 fully saturated rings. The van der Waals surface area contributed by atoms with Gasteiger partial charge in [-0.2, -0.15) is 0 Å². The molecule has 6 heteroatoms. The van der Waals surface area contributed by atoms with Crippen LogP contribution in [0.1, 0.15) is 6.42 Å². The average molecular weight is 308 g/mol. The summed E-state index contributed by atoms with van der Waals surface area (Å²) >= 11 is 0. The fourth-order valence-corrected chi connectivity index (χ4v) is 2.39. The molecule has 0 aliphatic heterocycles. The van der Waals surface area contributed by atoms with Crippen molar-refractivity contribution in [2.75, 3.05) is 0 Å². The Hall–Kier alpha value is -2.99. The van der Waals surface area contributed by atoms with Crippen molar-refractivity contribution in [1.82, 2.24) is 20.2 Å². The summed E-state index contributed by atoms with van der Waals surface area (Å²) in [5.74, 6) is 0.933. The maximum atomic E-state index is 11.4. The number of rotatable bonds is 5. The van der Waals surface area contributed by atoms with Gasteiger partial charge in [0.25, 0.3) is 0 Å². The molecule has 23 heavy (non-hydrogen) atoms. The van der Waals surface area contributed by atoms with Gasteiger partial charge in [-0.15, -0.1) is 10.2 Å². The van der Waals surface area contributed by atoms with Crippen molar-refractivity contribution in [3.63, 3.8) is 0 Å². The number of carbonyl (C=O) groups is 1. The minimum atomic E-state index is -0.447. The van der Waals surface area contributed by atoms with Crippen molar-refractivity contribution in [2.24, 2.45) is 0 Å². The van der Waals surface area contributed by atoms with Gasteiger partial charge in [-0.05, 0) is 0 Å². The molecule has 3 rings (SSSR count). The highest BCUT2D eigenvalue weighted by Crippen LogP contribution is 2.24. The van der Waals surface area contributed by atoms with Crippen LogP contribution in [0.3, 0.4) is 0 Å². The summed E-state index contributed by atoms with van der Waals surface area (Å²) in [5, 5.41) is 17.3. The molecule has 0 aliphatic rings. The Kier molecular flexibility index (Phi) is 4.44. The molecule has 0 aliphatic carbocycles. The lowest BCUT2D eigenvalue weighted by atomic mass is 10.2. The van der Waals surface area contributed by atoms with Crippen LogP contribution >= 0.6 is 0 Å². The van der Waals surface area contributed by atoms with Crippen LogP contribution in [0.2, 0.25) is 0 Å². The second-order valence-corrected chi connectivity index (χ2v) is 5.02. The summed E-state index contributed by atoms with van der Waals surface area (Å²) in [6.07, 6.45) is 0.133. The van der Waals surface area contributed by atoms with Crippen LogP contribution in [0.15, 0.2) is 60.7 Å². The molecule has 2 N–H and O–H groups in total. The predicted molar refractivity (Wildman–Crippen MR) is 85.4 cm³/mol. The molecular weight excluding hydrogens is 292 g/mol. The van der Waals surface area contributed by atoms with E-state index in [-0.39, 0.29) is 6.42 Å². The van der Waals surface area contributed by atoms with E-state index < -0.39 is 5.91 Å². The summed E-state index contributed by atoms with van der Waals surface area (Å²) < 4.78 is 1.89. The highest BCUT2D eigenvalue weighted by Gasteiger charge is 2.15. The van der Waals surface area contributed by atoms with Crippen molar-refractivity contribution in [3.05, 3.63) is 60.7 Å². The number of nitrogens with zero attached hydrogens (tertiary/aromatic N) is 3. The van der Waals surface area contributed by atoms with Gasteiger partial charge in [-0.3, -0.25) is 10.0 Å². The van der Waals surface area contributed by atoms with E-state index in [1.54, 1.807) is 5.48 Å². The zero-order valence-electron chi connectivity index (χ0n) is 12.4. The van der Waals surface area contributed by atoms with Gasteiger partial charge in [0.05, 0.1) is 0 Å². The average Bonchev–Trinajstić information content (AvgIpc) is 3.05. The zero-order valence-corrected chi connectivity index (χ0v) is 12.4. The Labute approximate surface area is 133 Å². The van der Waals surface area contributed by atoms with Crippen molar-refractivity contribution in [1.29, 1.82) is 0 Å². The fourth-order valence-electron chi connectivity index (χ4n) is 2.39. The Morgan fingerprint density at radius 2 is 1.39 bits per heavy atom. The Bertz CT molecular complexity index is 728. The second kappa shape index (κ2) is 6.85. The maximum absolute atomic E-state index is 11.4. The summed E-state index contributed by atoms with van der Waals surface area (Å²) in [6, 6.07) is 19.4. The van der Waals surface area contributed by atoms with Crippen molar-refractivity contribution in [2.45, 2.75) is 13.0 Å². The quantitative estimate of drug-likeness (QED) is 0.560. The van der Waals surface area contributed by atoms with E-state index in [2.05, 4.69) is 10.2 Å². The van der Waals surface area contributed by atoms with Gasteiger partial charge in [0.2, 0.25) is 5.91 Å². The SMILES string of the molecule is O=C(CCn1c(-c2ccccc2)nnc1-c1ccccc1)NO. The third-order valence-electron chi connectivity index (χ3n) is 3.50. The van der Waals surface area contributed by atoms with Gasteiger partial charge < -0.3 is 4.57 Å². The van der Waals surface area contributed by atoms with E-state index in [4.69, 9.17) is 5.21 Å². The molecule has 116 valence electrons. The standard InChI is InChI=1S/C17H16N4O2/c22-15(20-23)11-12-21-16(13-7-3-1-4-8-13)18-19-17(21)14-9-5-2-6-10-14/h1-10,23H,11-12H2,(H,20,22). The van der Waals surface area contributed by atoms with Crippen LogP contribution in [0.4, 0.5) is 0 Å². The molecule has 2 aromatic carbocycles. The normalized spacial score (nSPS) is 10.5. The van der Waals surface area contributed by atoms with Gasteiger partial charge in [0, 0.05) is 24.1 Å². The third-order valence-corrected chi connectivity index (χ3v) is 3.50. The molecule has 3 aromatic rings. The van der Waals surface area contributed by atoms with Gasteiger partial charge in [0.15, 0.2) is 11.6 Å². The van der Waals surface area contributed by atoms with Crippen LogP contribution in [-0.2, 0) is 11.3 Å². The lowest BCUT2D eigenvalue weighted by molar-refractivity contribution is -0.129. The Balaban J connectivity index is 2.03. The number of hydroxylamine groups is 1.